The third kappa shape index (κ3) is 5.05. The van der Waals surface area contributed by atoms with Crippen LogP contribution in [0.1, 0.15) is 38.2 Å². The summed E-state index contributed by atoms with van der Waals surface area (Å²) in [6.45, 7) is 10.9. The van der Waals surface area contributed by atoms with Crippen LogP contribution in [-0.4, -0.2) is 83.5 Å². The van der Waals surface area contributed by atoms with Gasteiger partial charge in [0.25, 0.3) is 0 Å². The molecule has 3 heterocycles. The Morgan fingerprint density at radius 1 is 1.27 bits per heavy atom. The molecule has 26 heavy (non-hydrogen) atoms. The molecule has 0 atom stereocenters. The van der Waals surface area contributed by atoms with Gasteiger partial charge < -0.3 is 10.1 Å². The molecule has 0 spiro atoms. The average Bonchev–Trinajstić information content (AvgIpc) is 3.08. The minimum atomic E-state index is -0.0350. The van der Waals surface area contributed by atoms with Crippen molar-refractivity contribution in [2.45, 2.75) is 38.1 Å². The lowest BCUT2D eigenvalue weighted by Gasteiger charge is -2.41. The second-order valence-corrected chi connectivity index (χ2v) is 8.19. The van der Waals surface area contributed by atoms with E-state index >= 15 is 0 Å². The Morgan fingerprint density at radius 2 is 1.96 bits per heavy atom. The van der Waals surface area contributed by atoms with Gasteiger partial charge in [-0.3, -0.25) is 19.3 Å². The van der Waals surface area contributed by atoms with Gasteiger partial charge >= 0.3 is 0 Å². The molecule has 0 unspecified atom stereocenters. The van der Waals surface area contributed by atoms with E-state index < -0.39 is 0 Å². The molecule has 3 rings (SSSR count). The Hall–Kier alpha value is -1.44. The van der Waals surface area contributed by atoms with Crippen molar-refractivity contribution >= 4 is 5.91 Å². The van der Waals surface area contributed by atoms with Crippen LogP contribution in [0, 0.1) is 0 Å². The second kappa shape index (κ2) is 8.50. The van der Waals surface area contributed by atoms with E-state index in [2.05, 4.69) is 40.3 Å². The molecule has 1 aromatic rings. The van der Waals surface area contributed by atoms with Crippen LogP contribution < -0.4 is 5.32 Å². The molecule has 2 fully saturated rings. The van der Waals surface area contributed by atoms with Crippen LogP contribution in [0.4, 0.5) is 0 Å². The maximum atomic E-state index is 12.4. The molecule has 7 nitrogen and oxygen atoms in total. The van der Waals surface area contributed by atoms with Gasteiger partial charge in [-0.2, -0.15) is 5.10 Å². The zero-order valence-corrected chi connectivity index (χ0v) is 16.4. The lowest BCUT2D eigenvalue weighted by Crippen LogP contribution is -2.56. The number of aromatic nitrogens is 2. The van der Waals surface area contributed by atoms with Gasteiger partial charge in [-0.25, -0.2) is 0 Å². The van der Waals surface area contributed by atoms with Crippen LogP contribution in [0.2, 0.25) is 0 Å². The minimum Gasteiger partial charge on any atom is -0.379 e. The number of carbonyl (C=O) groups is 1. The lowest BCUT2D eigenvalue weighted by atomic mass is 9.91. The number of piperidine rings is 1. The van der Waals surface area contributed by atoms with Gasteiger partial charge in [0.15, 0.2) is 0 Å². The summed E-state index contributed by atoms with van der Waals surface area (Å²) >= 11 is 0. The summed E-state index contributed by atoms with van der Waals surface area (Å²) in [5.41, 5.74) is 1.29. The van der Waals surface area contributed by atoms with Gasteiger partial charge in [0.1, 0.15) is 0 Å². The van der Waals surface area contributed by atoms with Gasteiger partial charge in [0, 0.05) is 38.4 Å². The quantitative estimate of drug-likeness (QED) is 0.811. The molecule has 1 amide bonds. The van der Waals surface area contributed by atoms with E-state index in [9.17, 15) is 4.79 Å². The standard InChI is InChI=1S/C19H33N5O2/c1-19(2,24-8-10-26-11-9-24)15-20-18(25)14-23-6-4-16(5-7-23)17-12-21-22(3)13-17/h12-13,16H,4-11,14-15H2,1-3H3,(H,20,25). The van der Waals surface area contributed by atoms with E-state index in [1.165, 1.54) is 5.56 Å². The normalized spacial score (nSPS) is 21.0. The summed E-state index contributed by atoms with van der Waals surface area (Å²) < 4.78 is 7.29. The fourth-order valence-electron chi connectivity index (χ4n) is 3.93. The average molecular weight is 364 g/mol. The number of nitrogens with one attached hydrogen (secondary N) is 1. The van der Waals surface area contributed by atoms with E-state index in [1.54, 1.807) is 0 Å². The summed E-state index contributed by atoms with van der Waals surface area (Å²) in [5, 5.41) is 7.41. The zero-order valence-electron chi connectivity index (χ0n) is 16.4. The first kappa shape index (κ1) is 19.3. The first-order valence-electron chi connectivity index (χ1n) is 9.74. The molecule has 0 aromatic carbocycles. The number of ether oxygens (including phenoxy) is 1. The third-order valence-electron chi connectivity index (χ3n) is 5.74. The summed E-state index contributed by atoms with van der Waals surface area (Å²) in [7, 11) is 1.96. The SMILES string of the molecule is Cn1cc(C2CCN(CC(=O)NCC(C)(C)N3CCOCC3)CC2)cn1. The first-order chi connectivity index (χ1) is 12.4. The highest BCUT2D eigenvalue weighted by molar-refractivity contribution is 5.78. The summed E-state index contributed by atoms with van der Waals surface area (Å²) in [6.07, 6.45) is 6.28. The summed E-state index contributed by atoms with van der Waals surface area (Å²) in [6, 6.07) is 0. The van der Waals surface area contributed by atoms with Crippen molar-refractivity contribution in [2.75, 3.05) is 52.5 Å². The molecule has 0 saturated carbocycles. The molecule has 0 bridgehead atoms. The van der Waals surface area contributed by atoms with Crippen molar-refractivity contribution in [1.29, 1.82) is 0 Å². The predicted molar refractivity (Wildman–Crippen MR) is 101 cm³/mol. The maximum Gasteiger partial charge on any atom is 0.234 e. The number of rotatable bonds is 6. The first-order valence-corrected chi connectivity index (χ1v) is 9.74. The number of hydrogen-bond donors (Lipinski definition) is 1. The third-order valence-corrected chi connectivity index (χ3v) is 5.74. The van der Waals surface area contributed by atoms with Crippen LogP contribution >= 0.6 is 0 Å². The van der Waals surface area contributed by atoms with Crippen LogP contribution in [0.3, 0.4) is 0 Å². The molecular weight excluding hydrogens is 330 g/mol. The Kier molecular flexibility index (Phi) is 6.32. The van der Waals surface area contributed by atoms with E-state index in [0.717, 1.165) is 52.2 Å². The van der Waals surface area contributed by atoms with Gasteiger partial charge in [-0.05, 0) is 51.3 Å². The van der Waals surface area contributed by atoms with Gasteiger partial charge in [0.2, 0.25) is 5.91 Å². The van der Waals surface area contributed by atoms with Crippen LogP contribution in [0.5, 0.6) is 0 Å². The number of nitrogens with zero attached hydrogens (tertiary/aromatic N) is 4. The molecule has 2 aliphatic heterocycles. The highest BCUT2D eigenvalue weighted by Crippen LogP contribution is 2.27. The number of hydrogen-bond acceptors (Lipinski definition) is 5. The number of morpholine rings is 1. The topological polar surface area (TPSA) is 62.6 Å². The van der Waals surface area contributed by atoms with Crippen molar-refractivity contribution in [2.24, 2.45) is 7.05 Å². The Morgan fingerprint density at radius 3 is 2.58 bits per heavy atom. The van der Waals surface area contributed by atoms with Gasteiger partial charge in [-0.15, -0.1) is 0 Å². The molecule has 2 aliphatic rings. The second-order valence-electron chi connectivity index (χ2n) is 8.19. The molecular formula is C19H33N5O2. The minimum absolute atomic E-state index is 0.0350. The van der Waals surface area contributed by atoms with Crippen molar-refractivity contribution in [3.63, 3.8) is 0 Å². The largest absolute Gasteiger partial charge is 0.379 e. The predicted octanol–water partition coefficient (Wildman–Crippen LogP) is 0.827. The fourth-order valence-corrected chi connectivity index (χ4v) is 3.93. The molecule has 146 valence electrons. The van der Waals surface area contributed by atoms with Crippen LogP contribution in [-0.2, 0) is 16.6 Å². The van der Waals surface area contributed by atoms with Crippen molar-refractivity contribution in [1.82, 2.24) is 24.9 Å². The van der Waals surface area contributed by atoms with Crippen LogP contribution in [0.25, 0.3) is 0 Å². The van der Waals surface area contributed by atoms with E-state index in [-0.39, 0.29) is 11.4 Å². The van der Waals surface area contributed by atoms with Crippen LogP contribution in [0.15, 0.2) is 12.4 Å². The van der Waals surface area contributed by atoms with E-state index in [4.69, 9.17) is 4.74 Å². The maximum absolute atomic E-state index is 12.4. The number of aryl methyl sites for hydroxylation is 1. The molecule has 0 aliphatic carbocycles. The van der Waals surface area contributed by atoms with E-state index in [0.29, 0.717) is 19.0 Å². The van der Waals surface area contributed by atoms with Crippen molar-refractivity contribution in [3.8, 4) is 0 Å². The Bertz CT molecular complexity index is 587. The Labute approximate surface area is 156 Å². The molecule has 2 saturated heterocycles. The van der Waals surface area contributed by atoms with Crippen molar-refractivity contribution in [3.05, 3.63) is 18.0 Å². The summed E-state index contributed by atoms with van der Waals surface area (Å²) in [5.74, 6) is 0.703. The smallest absolute Gasteiger partial charge is 0.234 e. The van der Waals surface area contributed by atoms with Gasteiger partial charge in [-0.1, -0.05) is 0 Å². The highest BCUT2D eigenvalue weighted by Gasteiger charge is 2.29. The number of likely N-dealkylation sites (tertiary alicyclic amines) is 1. The molecule has 1 aromatic heterocycles. The molecule has 0 radical (unpaired) electrons. The molecule has 1 N–H and O–H groups in total. The van der Waals surface area contributed by atoms with Crippen molar-refractivity contribution < 1.29 is 9.53 Å². The monoisotopic (exact) mass is 363 g/mol. The zero-order chi connectivity index (χ0) is 18.6. The molecule has 7 heteroatoms. The summed E-state index contributed by atoms with van der Waals surface area (Å²) in [4.78, 5) is 17.1. The van der Waals surface area contributed by atoms with E-state index in [1.807, 2.05) is 17.9 Å². The number of carbonyl (C=O) groups excluding carboxylic acids is 1. The number of amides is 1. The fraction of sp³-hybridized carbons (Fsp3) is 0.789. The Balaban J connectivity index is 1.38. The van der Waals surface area contributed by atoms with Gasteiger partial charge in [0.05, 0.1) is 26.0 Å². The lowest BCUT2D eigenvalue weighted by molar-refractivity contribution is -0.123. The highest BCUT2D eigenvalue weighted by atomic mass is 16.5.